The van der Waals surface area contributed by atoms with Gasteiger partial charge < -0.3 is 4.74 Å². The van der Waals surface area contributed by atoms with Gasteiger partial charge in [-0.3, -0.25) is 14.0 Å². The lowest BCUT2D eigenvalue weighted by Crippen LogP contribution is -2.11. The first-order valence-corrected chi connectivity index (χ1v) is 8.58. The second-order valence-electron chi connectivity index (χ2n) is 5.35. The standard InChI is InChI=1S/C18H21Cl2FO3/c1-3-12(2)18(23)14-8-9-15(17(20)16(14)19)24-11-13(22)7-5-4-6-10-21/h8-9H,2-7,10-11H2,1H3. The SMILES string of the molecule is C=C(CC)C(=O)c1ccc(OCC(=O)CCCCCF)c(Cl)c1Cl. The predicted octanol–water partition coefficient (Wildman–Crippen LogP) is 5.62. The van der Waals surface area contributed by atoms with Crippen molar-refractivity contribution in [1.82, 2.24) is 0 Å². The number of halogens is 3. The van der Waals surface area contributed by atoms with Crippen LogP contribution in [0.4, 0.5) is 4.39 Å². The summed E-state index contributed by atoms with van der Waals surface area (Å²) >= 11 is 12.3. The number of unbranched alkanes of at least 4 members (excludes halogenated alkanes) is 2. The summed E-state index contributed by atoms with van der Waals surface area (Å²) in [7, 11) is 0. The molecule has 1 aromatic rings. The number of ketones is 2. The van der Waals surface area contributed by atoms with Crippen LogP contribution in [-0.4, -0.2) is 24.8 Å². The fourth-order valence-corrected chi connectivity index (χ4v) is 2.45. The molecule has 0 spiro atoms. The Kier molecular flexibility index (Phi) is 9.01. The normalized spacial score (nSPS) is 10.5. The van der Waals surface area contributed by atoms with Crippen molar-refractivity contribution in [2.75, 3.05) is 13.3 Å². The van der Waals surface area contributed by atoms with Gasteiger partial charge in [0.25, 0.3) is 0 Å². The number of ether oxygens (including phenoxy) is 1. The van der Waals surface area contributed by atoms with Gasteiger partial charge in [-0.1, -0.05) is 43.1 Å². The van der Waals surface area contributed by atoms with E-state index in [1.807, 2.05) is 6.92 Å². The number of hydrogen-bond acceptors (Lipinski definition) is 3. The fourth-order valence-electron chi connectivity index (χ4n) is 1.99. The van der Waals surface area contributed by atoms with Gasteiger partial charge in [0.05, 0.1) is 11.7 Å². The van der Waals surface area contributed by atoms with E-state index in [4.69, 9.17) is 27.9 Å². The molecule has 0 atom stereocenters. The first kappa shape index (κ1) is 20.7. The molecule has 0 bridgehead atoms. The minimum Gasteiger partial charge on any atom is -0.484 e. The molecule has 0 heterocycles. The molecule has 0 aliphatic carbocycles. The summed E-state index contributed by atoms with van der Waals surface area (Å²) in [4.78, 5) is 23.9. The molecule has 0 aliphatic heterocycles. The van der Waals surface area contributed by atoms with E-state index in [0.717, 1.165) is 0 Å². The minimum atomic E-state index is -0.367. The number of Topliss-reactive ketones (excluding diaryl/α,β-unsaturated/α-hetero) is 2. The second-order valence-corrected chi connectivity index (χ2v) is 6.11. The van der Waals surface area contributed by atoms with E-state index >= 15 is 0 Å². The van der Waals surface area contributed by atoms with Crippen LogP contribution in [0.2, 0.25) is 10.0 Å². The number of carbonyl (C=O) groups excluding carboxylic acids is 2. The zero-order chi connectivity index (χ0) is 18.1. The van der Waals surface area contributed by atoms with Gasteiger partial charge in [-0.05, 0) is 37.0 Å². The van der Waals surface area contributed by atoms with Gasteiger partial charge in [0.2, 0.25) is 0 Å². The van der Waals surface area contributed by atoms with Crippen LogP contribution in [0.1, 0.15) is 49.4 Å². The summed E-state index contributed by atoms with van der Waals surface area (Å²) in [5.74, 6) is -0.113. The van der Waals surface area contributed by atoms with Crippen LogP contribution in [0.5, 0.6) is 5.75 Å². The highest BCUT2D eigenvalue weighted by molar-refractivity contribution is 6.45. The summed E-state index contributed by atoms with van der Waals surface area (Å²) in [6.45, 7) is 5.01. The Morgan fingerprint density at radius 3 is 2.50 bits per heavy atom. The van der Waals surface area contributed by atoms with Gasteiger partial charge in [0.1, 0.15) is 17.4 Å². The molecule has 0 radical (unpaired) electrons. The van der Waals surface area contributed by atoms with E-state index < -0.39 is 0 Å². The van der Waals surface area contributed by atoms with Crippen molar-refractivity contribution in [3.05, 3.63) is 39.9 Å². The highest BCUT2D eigenvalue weighted by Crippen LogP contribution is 2.35. The summed E-state index contributed by atoms with van der Waals surface area (Å²) in [6, 6.07) is 3.03. The lowest BCUT2D eigenvalue weighted by Gasteiger charge is -2.11. The monoisotopic (exact) mass is 374 g/mol. The summed E-state index contributed by atoms with van der Waals surface area (Å²) in [6.07, 6.45) is 2.62. The molecule has 0 amide bonds. The third-order valence-electron chi connectivity index (χ3n) is 3.52. The van der Waals surface area contributed by atoms with Crippen molar-refractivity contribution in [3.8, 4) is 5.75 Å². The van der Waals surface area contributed by atoms with E-state index in [1.54, 1.807) is 0 Å². The minimum absolute atomic E-state index is 0.0872. The molecule has 0 aliphatic rings. The second kappa shape index (κ2) is 10.5. The predicted molar refractivity (Wildman–Crippen MR) is 95.2 cm³/mol. The van der Waals surface area contributed by atoms with Gasteiger partial charge in [-0.2, -0.15) is 0 Å². The third-order valence-corrected chi connectivity index (χ3v) is 4.38. The number of alkyl halides is 1. The summed E-state index contributed by atoms with van der Waals surface area (Å²) < 4.78 is 17.3. The molecule has 0 saturated carbocycles. The quantitative estimate of drug-likeness (QED) is 0.286. The molecular weight excluding hydrogens is 354 g/mol. The lowest BCUT2D eigenvalue weighted by atomic mass is 10.0. The first-order valence-electron chi connectivity index (χ1n) is 7.83. The molecule has 6 heteroatoms. The Balaban J connectivity index is 2.68. The summed E-state index contributed by atoms with van der Waals surface area (Å²) in [5, 5.41) is 0.181. The molecular formula is C18H21Cl2FO3. The van der Waals surface area contributed by atoms with E-state index in [1.165, 1.54) is 12.1 Å². The van der Waals surface area contributed by atoms with Crippen LogP contribution in [-0.2, 0) is 4.79 Å². The van der Waals surface area contributed by atoms with Crippen molar-refractivity contribution in [2.45, 2.75) is 39.0 Å². The molecule has 0 N–H and O–H groups in total. The Morgan fingerprint density at radius 1 is 1.17 bits per heavy atom. The highest BCUT2D eigenvalue weighted by Gasteiger charge is 2.18. The Labute approximate surface area is 151 Å². The topological polar surface area (TPSA) is 43.4 Å². The number of carbonyl (C=O) groups is 2. The maximum absolute atomic E-state index is 12.1. The van der Waals surface area contributed by atoms with Crippen molar-refractivity contribution in [3.63, 3.8) is 0 Å². The average Bonchev–Trinajstić information content (AvgIpc) is 2.58. The maximum Gasteiger partial charge on any atom is 0.189 e. The smallest absolute Gasteiger partial charge is 0.189 e. The molecule has 24 heavy (non-hydrogen) atoms. The van der Waals surface area contributed by atoms with Crippen LogP contribution in [0.25, 0.3) is 0 Å². The van der Waals surface area contributed by atoms with E-state index in [-0.39, 0.29) is 46.2 Å². The van der Waals surface area contributed by atoms with Crippen LogP contribution in [0, 0.1) is 0 Å². The van der Waals surface area contributed by atoms with Crippen LogP contribution in [0.15, 0.2) is 24.3 Å². The maximum atomic E-state index is 12.1. The van der Waals surface area contributed by atoms with Crippen LogP contribution in [0.3, 0.4) is 0 Å². The lowest BCUT2D eigenvalue weighted by molar-refractivity contribution is -0.121. The van der Waals surface area contributed by atoms with Crippen molar-refractivity contribution in [1.29, 1.82) is 0 Å². The van der Waals surface area contributed by atoms with Crippen LogP contribution < -0.4 is 4.74 Å². The number of allylic oxidation sites excluding steroid dienone is 1. The van der Waals surface area contributed by atoms with Gasteiger partial charge in [-0.25, -0.2) is 0 Å². The first-order chi connectivity index (χ1) is 11.4. The molecule has 0 fully saturated rings. The van der Waals surface area contributed by atoms with Crippen molar-refractivity contribution < 1.29 is 18.7 Å². The molecule has 3 nitrogen and oxygen atoms in total. The van der Waals surface area contributed by atoms with Gasteiger partial charge in [0.15, 0.2) is 11.6 Å². The molecule has 1 aromatic carbocycles. The molecule has 0 aromatic heterocycles. The van der Waals surface area contributed by atoms with Crippen LogP contribution >= 0.6 is 23.2 Å². The van der Waals surface area contributed by atoms with Crippen molar-refractivity contribution in [2.24, 2.45) is 0 Å². The molecule has 0 unspecified atom stereocenters. The Morgan fingerprint density at radius 2 is 1.88 bits per heavy atom. The average molecular weight is 375 g/mol. The molecule has 0 saturated heterocycles. The Hall–Kier alpha value is -1.39. The van der Waals surface area contributed by atoms with E-state index in [0.29, 0.717) is 37.7 Å². The molecule has 1 rings (SSSR count). The van der Waals surface area contributed by atoms with Gasteiger partial charge in [-0.15, -0.1) is 0 Å². The number of rotatable bonds is 11. The number of hydrogen-bond donors (Lipinski definition) is 0. The summed E-state index contributed by atoms with van der Waals surface area (Å²) in [5.41, 5.74) is 0.698. The van der Waals surface area contributed by atoms with Crippen molar-refractivity contribution >= 4 is 34.8 Å². The Bertz CT molecular complexity index is 615. The van der Waals surface area contributed by atoms with Gasteiger partial charge in [0, 0.05) is 12.0 Å². The highest BCUT2D eigenvalue weighted by atomic mass is 35.5. The van der Waals surface area contributed by atoms with Gasteiger partial charge >= 0.3 is 0 Å². The van der Waals surface area contributed by atoms with E-state index in [2.05, 4.69) is 6.58 Å². The molecule has 132 valence electrons. The largest absolute Gasteiger partial charge is 0.484 e. The third kappa shape index (κ3) is 5.91. The number of benzene rings is 1. The fraction of sp³-hybridized carbons (Fsp3) is 0.444. The zero-order valence-electron chi connectivity index (χ0n) is 13.7. The van der Waals surface area contributed by atoms with E-state index in [9.17, 15) is 14.0 Å². The zero-order valence-corrected chi connectivity index (χ0v) is 15.2.